The molecule has 0 radical (unpaired) electrons. The molecule has 1 spiro atoms. The third-order valence-electron chi connectivity index (χ3n) is 8.47. The number of carbonyl (C=O) groups excluding carboxylic acids is 1. The van der Waals surface area contributed by atoms with Gasteiger partial charge in [0.1, 0.15) is 12.2 Å². The molecule has 222 valence electrons. The van der Waals surface area contributed by atoms with Crippen molar-refractivity contribution in [2.24, 2.45) is 5.73 Å². The van der Waals surface area contributed by atoms with Gasteiger partial charge >= 0.3 is 0 Å². The molecule has 2 N–H and O–H groups in total. The molecule has 0 bridgehead atoms. The second kappa shape index (κ2) is 10.0. The zero-order valence-electron chi connectivity index (χ0n) is 25.2. The SMILES string of the molecule is CN(C)C(=O)c1cn([C@@H]2O[C@H](CO[Si](C)(C)C(C)(C)C)[C@@]3(OS(=O)(=O)C=C3N)[C@H]2O[Si](C)(C)C(C)(C)C)nn1. The fraction of sp³-hybridized carbons (Fsp3) is 0.792. The Morgan fingerprint density at radius 3 is 2.15 bits per heavy atom. The van der Waals surface area contributed by atoms with E-state index >= 15 is 0 Å². The summed E-state index contributed by atoms with van der Waals surface area (Å²) in [6, 6.07) is 0. The summed E-state index contributed by atoms with van der Waals surface area (Å²) in [5.41, 5.74) is 4.86. The largest absolute Gasteiger partial charge is 0.414 e. The molecule has 1 aromatic heterocycles. The number of hydrogen-bond donors (Lipinski definition) is 1. The number of ether oxygens (including phenoxy) is 1. The average molecular weight is 604 g/mol. The Hall–Kier alpha value is -1.63. The van der Waals surface area contributed by atoms with Crippen molar-refractivity contribution in [2.45, 2.75) is 102 Å². The molecule has 1 fully saturated rings. The van der Waals surface area contributed by atoms with Gasteiger partial charge in [0.25, 0.3) is 16.0 Å². The molecule has 3 heterocycles. The predicted octanol–water partition coefficient (Wildman–Crippen LogP) is 3.19. The van der Waals surface area contributed by atoms with E-state index in [-0.39, 0.29) is 34.0 Å². The summed E-state index contributed by atoms with van der Waals surface area (Å²) in [5.74, 6) is -0.340. The zero-order chi connectivity index (χ0) is 30.0. The maximum Gasteiger partial charge on any atom is 0.292 e. The number of nitrogens with two attached hydrogens (primary N) is 1. The first-order chi connectivity index (χ1) is 17.5. The summed E-state index contributed by atoms with van der Waals surface area (Å²) in [4.78, 5) is 14.0. The second-order valence-electron chi connectivity index (χ2n) is 13.6. The molecule has 0 aromatic carbocycles. The first kappa shape index (κ1) is 31.9. The molecule has 4 atom stereocenters. The van der Waals surface area contributed by atoms with E-state index in [1.54, 1.807) is 14.1 Å². The van der Waals surface area contributed by atoms with Crippen LogP contribution in [0.4, 0.5) is 0 Å². The fourth-order valence-electron chi connectivity index (χ4n) is 3.93. The summed E-state index contributed by atoms with van der Waals surface area (Å²) in [7, 11) is -5.76. The lowest BCUT2D eigenvalue weighted by Crippen LogP contribution is -2.59. The summed E-state index contributed by atoms with van der Waals surface area (Å²) in [6.07, 6.45) is -1.51. The minimum absolute atomic E-state index is 0.0204. The van der Waals surface area contributed by atoms with Crippen molar-refractivity contribution in [2.75, 3.05) is 20.7 Å². The van der Waals surface area contributed by atoms with Gasteiger partial charge in [-0.25, -0.2) is 8.86 Å². The van der Waals surface area contributed by atoms with E-state index in [1.165, 1.54) is 15.8 Å². The molecule has 0 unspecified atom stereocenters. The third kappa shape index (κ3) is 5.90. The molecule has 0 aliphatic carbocycles. The van der Waals surface area contributed by atoms with Gasteiger partial charge in [0, 0.05) is 14.1 Å². The second-order valence-corrected chi connectivity index (χ2v) is 24.6. The molecule has 2 aliphatic rings. The van der Waals surface area contributed by atoms with Gasteiger partial charge in [-0.3, -0.25) is 4.79 Å². The molecule has 1 amide bonds. The lowest BCUT2D eigenvalue weighted by molar-refractivity contribution is -0.0595. The van der Waals surface area contributed by atoms with Gasteiger partial charge in [0.05, 0.1) is 23.9 Å². The zero-order valence-corrected chi connectivity index (χ0v) is 28.0. The molecule has 2 aliphatic heterocycles. The van der Waals surface area contributed by atoms with Crippen LogP contribution in [0.1, 0.15) is 58.3 Å². The normalized spacial score (nSPS) is 27.7. The highest BCUT2D eigenvalue weighted by atomic mass is 32.2. The van der Waals surface area contributed by atoms with E-state index in [0.29, 0.717) is 0 Å². The highest BCUT2D eigenvalue weighted by molar-refractivity contribution is 7.90. The molecular formula is C24H45N5O7SSi2. The van der Waals surface area contributed by atoms with Crippen molar-refractivity contribution >= 4 is 32.7 Å². The van der Waals surface area contributed by atoms with Crippen molar-refractivity contribution in [1.82, 2.24) is 19.9 Å². The minimum Gasteiger partial charge on any atom is -0.414 e. The molecular weight excluding hydrogens is 559 g/mol. The van der Waals surface area contributed by atoms with Crippen molar-refractivity contribution in [3.63, 3.8) is 0 Å². The van der Waals surface area contributed by atoms with Crippen LogP contribution >= 0.6 is 0 Å². The van der Waals surface area contributed by atoms with Gasteiger partial charge in [-0.1, -0.05) is 46.8 Å². The number of rotatable bonds is 7. The standard InChI is InChI=1S/C24H45N5O7SSi2/c1-22(2,3)38(9,10)33-14-18-24(17(25)15-37(31,32)36-24)19(35-39(11,12)23(4,5)6)21(34-18)29-13-16(26-27-29)20(30)28(7)8/h13,15,18-19,21H,14,25H2,1-12H3/t18-,19+,21-,24-/m1/s1. The molecule has 3 rings (SSSR count). The van der Waals surface area contributed by atoms with Crippen LogP contribution in [0, 0.1) is 0 Å². The van der Waals surface area contributed by atoms with Gasteiger partial charge in [-0.2, -0.15) is 8.42 Å². The average Bonchev–Trinajstić information content (AvgIpc) is 3.40. The van der Waals surface area contributed by atoms with Crippen molar-refractivity contribution in [3.8, 4) is 0 Å². The van der Waals surface area contributed by atoms with Gasteiger partial charge in [-0.05, 0) is 36.3 Å². The van der Waals surface area contributed by atoms with Crippen LogP contribution in [0.5, 0.6) is 0 Å². The lowest BCUT2D eigenvalue weighted by atomic mass is 9.89. The molecule has 1 aromatic rings. The first-order valence-electron chi connectivity index (χ1n) is 13.0. The van der Waals surface area contributed by atoms with Crippen molar-refractivity contribution in [3.05, 3.63) is 23.0 Å². The Morgan fingerprint density at radius 1 is 1.13 bits per heavy atom. The van der Waals surface area contributed by atoms with E-state index < -0.39 is 50.8 Å². The Balaban J connectivity index is 2.16. The smallest absolute Gasteiger partial charge is 0.292 e. The van der Waals surface area contributed by atoms with Crippen LogP contribution < -0.4 is 5.73 Å². The maximum absolute atomic E-state index is 12.8. The first-order valence-corrected chi connectivity index (χ1v) is 20.3. The van der Waals surface area contributed by atoms with Crippen LogP contribution in [0.15, 0.2) is 17.3 Å². The lowest BCUT2D eigenvalue weighted by Gasteiger charge is -2.43. The van der Waals surface area contributed by atoms with Gasteiger partial charge < -0.3 is 24.2 Å². The Morgan fingerprint density at radius 2 is 1.69 bits per heavy atom. The number of aromatic nitrogens is 3. The number of amides is 1. The van der Waals surface area contributed by atoms with Crippen molar-refractivity contribution in [1.29, 1.82) is 0 Å². The molecule has 39 heavy (non-hydrogen) atoms. The minimum atomic E-state index is -4.13. The van der Waals surface area contributed by atoms with Crippen LogP contribution in [0.2, 0.25) is 36.3 Å². The summed E-state index contributed by atoms with van der Waals surface area (Å²) in [5, 5.41) is 8.79. The predicted molar refractivity (Wildman–Crippen MR) is 152 cm³/mol. The van der Waals surface area contributed by atoms with Gasteiger partial charge in [0.15, 0.2) is 34.2 Å². The highest BCUT2D eigenvalue weighted by Gasteiger charge is 2.67. The summed E-state index contributed by atoms with van der Waals surface area (Å²) < 4.78 is 52.7. The third-order valence-corrected chi connectivity index (χ3v) is 18.5. The monoisotopic (exact) mass is 603 g/mol. The summed E-state index contributed by atoms with van der Waals surface area (Å²) in [6.45, 7) is 20.9. The summed E-state index contributed by atoms with van der Waals surface area (Å²) >= 11 is 0. The number of hydrogen-bond acceptors (Lipinski definition) is 10. The van der Waals surface area contributed by atoms with Crippen LogP contribution in [0.25, 0.3) is 0 Å². The topological polar surface area (TPSA) is 148 Å². The molecule has 12 nitrogen and oxygen atoms in total. The Bertz CT molecular complexity index is 1230. The van der Waals surface area contributed by atoms with E-state index in [9.17, 15) is 13.2 Å². The van der Waals surface area contributed by atoms with E-state index in [2.05, 4.69) is 64.9 Å². The van der Waals surface area contributed by atoms with Gasteiger partial charge in [-0.15, -0.1) is 5.10 Å². The molecule has 15 heteroatoms. The number of carbonyl (C=O) groups is 1. The van der Waals surface area contributed by atoms with Crippen LogP contribution in [-0.4, -0.2) is 89.4 Å². The fourth-order valence-corrected chi connectivity index (χ4v) is 7.44. The van der Waals surface area contributed by atoms with Crippen LogP contribution in [-0.2, 0) is 27.9 Å². The van der Waals surface area contributed by atoms with Crippen molar-refractivity contribution < 1.29 is 31.0 Å². The molecule has 0 saturated carbocycles. The number of nitrogens with zero attached hydrogens (tertiary/aromatic N) is 4. The van der Waals surface area contributed by atoms with Gasteiger partial charge in [0.2, 0.25) is 0 Å². The highest BCUT2D eigenvalue weighted by Crippen LogP contribution is 2.52. The van der Waals surface area contributed by atoms with E-state index in [0.717, 1.165) is 5.41 Å². The van der Waals surface area contributed by atoms with E-state index in [4.69, 9.17) is 23.5 Å². The quantitative estimate of drug-likeness (QED) is 0.364. The van der Waals surface area contributed by atoms with Crippen LogP contribution in [0.3, 0.4) is 0 Å². The van der Waals surface area contributed by atoms with E-state index in [1.807, 2.05) is 13.1 Å². The Labute approximate surface area is 234 Å². The Kier molecular flexibility index (Phi) is 8.20. The molecule has 1 saturated heterocycles. The maximum atomic E-state index is 12.8.